The Morgan fingerprint density at radius 2 is 1.58 bits per heavy atom. The van der Waals surface area contributed by atoms with Gasteiger partial charge in [-0.25, -0.2) is 0 Å². The maximum atomic E-state index is 12.7. The Morgan fingerprint density at radius 1 is 0.880 bits per heavy atom. The van der Waals surface area contributed by atoms with Crippen LogP contribution in [0.25, 0.3) is 11.1 Å². The molecule has 0 bridgehead atoms. The number of nitrogens with zero attached hydrogens (tertiary/aromatic N) is 2. The summed E-state index contributed by atoms with van der Waals surface area (Å²) in [6.45, 7) is 5.12. The van der Waals surface area contributed by atoms with Crippen LogP contribution in [0.3, 0.4) is 0 Å². The molecule has 258 valence electrons. The van der Waals surface area contributed by atoms with Crippen LogP contribution < -0.4 is 5.32 Å². The quantitative estimate of drug-likeness (QED) is 0.131. The number of carbonyl (C=O) groups is 1. The van der Waals surface area contributed by atoms with Gasteiger partial charge in [-0.15, -0.1) is 0 Å². The smallest absolute Gasteiger partial charge is 0.253 e. The van der Waals surface area contributed by atoms with Crippen molar-refractivity contribution in [2.24, 2.45) is 5.92 Å². The average molecular weight is 672 g/mol. The summed E-state index contributed by atoms with van der Waals surface area (Å²) in [7, 11) is 2.02. The number of nitrogens with one attached hydrogen (secondary N) is 1. The molecule has 1 saturated heterocycles. The molecule has 1 amide bonds. The van der Waals surface area contributed by atoms with Crippen molar-refractivity contribution >= 4 is 5.91 Å². The zero-order chi connectivity index (χ0) is 35.0. The minimum Gasteiger partial charge on any atom is -0.392 e. The fraction of sp³-hybridized carbons (Fsp3) is 0.286. The van der Waals surface area contributed by atoms with E-state index in [1.165, 1.54) is 0 Å². The van der Waals surface area contributed by atoms with Crippen LogP contribution in [0, 0.1) is 5.92 Å². The number of ether oxygens (including phenoxy) is 2. The first-order chi connectivity index (χ1) is 24.3. The maximum Gasteiger partial charge on any atom is 0.253 e. The Balaban J connectivity index is 1.21. The Bertz CT molecular complexity index is 1820. The van der Waals surface area contributed by atoms with Gasteiger partial charge in [0.1, 0.15) is 0 Å². The molecule has 0 saturated carbocycles. The topological polar surface area (TPSA) is 104 Å². The number of benzene rings is 4. The molecule has 4 aromatic carbocycles. The van der Waals surface area contributed by atoms with Gasteiger partial charge in [-0.2, -0.15) is 0 Å². The minimum absolute atomic E-state index is 0.00257. The number of aliphatic hydroxyl groups is 2. The third kappa shape index (κ3) is 8.18. The molecule has 5 aromatic rings. The lowest BCUT2D eigenvalue weighted by Gasteiger charge is -2.43. The molecule has 1 aliphatic rings. The Hall–Kier alpha value is -4.70. The van der Waals surface area contributed by atoms with Crippen LogP contribution in [0.1, 0.15) is 70.5 Å². The molecule has 8 nitrogen and oxygen atoms in total. The fourth-order valence-electron chi connectivity index (χ4n) is 6.50. The minimum atomic E-state index is -0.645. The Kier molecular flexibility index (Phi) is 11.5. The molecule has 8 heteroatoms. The van der Waals surface area contributed by atoms with E-state index in [1.54, 1.807) is 24.5 Å². The highest BCUT2D eigenvalue weighted by molar-refractivity contribution is 5.93. The zero-order valence-electron chi connectivity index (χ0n) is 28.7. The van der Waals surface area contributed by atoms with Gasteiger partial charge < -0.3 is 25.0 Å². The number of aromatic nitrogens is 1. The third-order valence-corrected chi connectivity index (χ3v) is 9.76. The summed E-state index contributed by atoms with van der Waals surface area (Å²) in [5.74, 6) is -0.170. The molecule has 0 aliphatic carbocycles. The summed E-state index contributed by atoms with van der Waals surface area (Å²) in [5, 5.41) is 23.8. The molecule has 0 unspecified atom stereocenters. The average Bonchev–Trinajstić information content (AvgIpc) is 3.18. The molecule has 2 heterocycles. The summed E-state index contributed by atoms with van der Waals surface area (Å²) in [6, 6.07) is 37.2. The fourth-order valence-corrected chi connectivity index (χ4v) is 6.50. The molecule has 1 fully saturated rings. The second-order valence-electron chi connectivity index (χ2n) is 13.1. The number of aliphatic hydroxyl groups excluding tert-OH is 2. The first-order valence-corrected chi connectivity index (χ1v) is 17.1. The van der Waals surface area contributed by atoms with Crippen LogP contribution >= 0.6 is 0 Å². The second kappa shape index (κ2) is 16.3. The van der Waals surface area contributed by atoms with Gasteiger partial charge in [0.2, 0.25) is 0 Å². The molecule has 3 N–H and O–H groups in total. The molecule has 6 rings (SSSR count). The van der Waals surface area contributed by atoms with Gasteiger partial charge in [-0.3, -0.25) is 14.7 Å². The van der Waals surface area contributed by atoms with Crippen LogP contribution in [-0.2, 0) is 22.6 Å². The van der Waals surface area contributed by atoms with E-state index in [4.69, 9.17) is 9.47 Å². The van der Waals surface area contributed by atoms with Crippen molar-refractivity contribution in [1.82, 2.24) is 15.2 Å². The number of hydrogen-bond acceptors (Lipinski definition) is 7. The summed E-state index contributed by atoms with van der Waals surface area (Å²) >= 11 is 0. The van der Waals surface area contributed by atoms with E-state index >= 15 is 0 Å². The van der Waals surface area contributed by atoms with Gasteiger partial charge in [-0.05, 0) is 59.5 Å². The van der Waals surface area contributed by atoms with Crippen molar-refractivity contribution in [2.45, 2.75) is 57.6 Å². The van der Waals surface area contributed by atoms with E-state index in [1.807, 2.05) is 98.9 Å². The summed E-state index contributed by atoms with van der Waals surface area (Å²) < 4.78 is 13.4. The van der Waals surface area contributed by atoms with E-state index in [0.29, 0.717) is 18.7 Å². The zero-order valence-corrected chi connectivity index (χ0v) is 28.7. The van der Waals surface area contributed by atoms with Crippen molar-refractivity contribution in [2.75, 3.05) is 13.6 Å². The molecule has 6 atom stereocenters. The van der Waals surface area contributed by atoms with E-state index in [9.17, 15) is 15.0 Å². The lowest BCUT2D eigenvalue weighted by Crippen LogP contribution is -2.46. The molecular weight excluding hydrogens is 626 g/mol. The molecule has 0 radical (unpaired) electrons. The first-order valence-electron chi connectivity index (χ1n) is 17.1. The van der Waals surface area contributed by atoms with Crippen molar-refractivity contribution in [3.63, 3.8) is 0 Å². The Labute approximate surface area is 294 Å². The number of amides is 1. The standard InChI is InChI=1S/C42H45N3O5/c1-28-38(26-45(3)29(2)39(47)32-10-5-4-6-11-32)49-42(50-40(28)33-17-15-30(27-46)16-18-33)34-21-19-31(20-22-34)37-14-8-7-12-35(37)25-44-41(48)36-13-9-23-43-24-36/h4-24,28-29,38-40,42,46-47H,25-27H2,1-3H3,(H,44,48)/t28-,29-,38+,39-,40+,42+/m0/s1. The normalized spacial score (nSPS) is 20.3. The summed E-state index contributed by atoms with van der Waals surface area (Å²) in [5.41, 5.74) is 7.19. The third-order valence-electron chi connectivity index (χ3n) is 9.76. The van der Waals surface area contributed by atoms with E-state index in [-0.39, 0.29) is 36.7 Å². The molecule has 0 spiro atoms. The number of carbonyl (C=O) groups excluding carboxylic acids is 1. The summed E-state index contributed by atoms with van der Waals surface area (Å²) in [6.07, 6.45) is 1.49. The number of rotatable bonds is 12. The van der Waals surface area contributed by atoms with E-state index in [0.717, 1.165) is 38.9 Å². The first kappa shape index (κ1) is 35.1. The van der Waals surface area contributed by atoms with E-state index in [2.05, 4.69) is 40.3 Å². The van der Waals surface area contributed by atoms with Crippen molar-refractivity contribution in [1.29, 1.82) is 0 Å². The van der Waals surface area contributed by atoms with Crippen LogP contribution in [0.15, 0.2) is 128 Å². The molecule has 1 aromatic heterocycles. The van der Waals surface area contributed by atoms with Crippen LogP contribution in [0.2, 0.25) is 0 Å². The second-order valence-corrected chi connectivity index (χ2v) is 13.1. The lowest BCUT2D eigenvalue weighted by molar-refractivity contribution is -0.276. The molecular formula is C42H45N3O5. The SMILES string of the molecule is C[C@H]1[C@@H](CN(C)[C@@H](C)[C@H](O)c2ccccc2)O[C@@H](c2ccc(-c3ccccc3CNC(=O)c3cccnc3)cc2)O[C@H]1c1ccc(CO)cc1. The Morgan fingerprint density at radius 3 is 2.28 bits per heavy atom. The summed E-state index contributed by atoms with van der Waals surface area (Å²) in [4.78, 5) is 18.9. The van der Waals surface area contributed by atoms with Crippen molar-refractivity contribution in [3.05, 3.63) is 161 Å². The molecule has 1 aliphatic heterocycles. The van der Waals surface area contributed by atoms with Gasteiger partial charge in [0.05, 0.1) is 30.5 Å². The van der Waals surface area contributed by atoms with Crippen LogP contribution in [0.5, 0.6) is 0 Å². The molecule has 50 heavy (non-hydrogen) atoms. The lowest BCUT2D eigenvalue weighted by atomic mass is 9.89. The monoisotopic (exact) mass is 671 g/mol. The van der Waals surface area contributed by atoms with E-state index < -0.39 is 12.4 Å². The number of hydrogen-bond donors (Lipinski definition) is 3. The maximum absolute atomic E-state index is 12.7. The van der Waals surface area contributed by atoms with Gasteiger partial charge in [0.25, 0.3) is 5.91 Å². The predicted molar refractivity (Wildman–Crippen MR) is 194 cm³/mol. The van der Waals surface area contributed by atoms with Gasteiger partial charge in [0, 0.05) is 43.0 Å². The largest absolute Gasteiger partial charge is 0.392 e. The van der Waals surface area contributed by atoms with Gasteiger partial charge >= 0.3 is 0 Å². The predicted octanol–water partition coefficient (Wildman–Crippen LogP) is 7.02. The van der Waals surface area contributed by atoms with Crippen molar-refractivity contribution < 1.29 is 24.5 Å². The highest BCUT2D eigenvalue weighted by atomic mass is 16.7. The van der Waals surface area contributed by atoms with Crippen molar-refractivity contribution in [3.8, 4) is 11.1 Å². The number of pyridine rings is 1. The van der Waals surface area contributed by atoms with Gasteiger partial charge in [0.15, 0.2) is 6.29 Å². The highest BCUT2D eigenvalue weighted by Gasteiger charge is 2.39. The highest BCUT2D eigenvalue weighted by Crippen LogP contribution is 2.42. The van der Waals surface area contributed by atoms with Crippen LogP contribution in [0.4, 0.5) is 0 Å². The van der Waals surface area contributed by atoms with Gasteiger partial charge in [-0.1, -0.05) is 110 Å². The van der Waals surface area contributed by atoms with Crippen LogP contribution in [-0.4, -0.2) is 51.7 Å². The number of likely N-dealkylation sites (N-methyl/N-ethyl adjacent to an activating group) is 1.